The summed E-state index contributed by atoms with van der Waals surface area (Å²) >= 11 is 0.957. The van der Waals surface area contributed by atoms with Crippen LogP contribution in [0.2, 0.25) is 0 Å². The molecular weight excluding hydrogens is 436 g/mol. The number of fused-ring (bicyclic) bond motifs is 1. The Kier molecular flexibility index (Phi) is 5.88. The molecule has 1 aromatic heterocycles. The molecule has 2 N–H and O–H groups in total. The summed E-state index contributed by atoms with van der Waals surface area (Å²) < 4.78 is 57.6. The number of rotatable bonds is 5. The van der Waals surface area contributed by atoms with Gasteiger partial charge in [0.1, 0.15) is 18.2 Å². The lowest BCUT2D eigenvalue weighted by atomic mass is 9.98. The highest BCUT2D eigenvalue weighted by molar-refractivity contribution is 7.15. The maximum atomic E-state index is 13.4. The summed E-state index contributed by atoms with van der Waals surface area (Å²) in [6.07, 6.45) is -3.86. The van der Waals surface area contributed by atoms with Crippen molar-refractivity contribution in [1.82, 2.24) is 15.5 Å². The summed E-state index contributed by atoms with van der Waals surface area (Å²) in [5.41, 5.74) is 1.64. The second-order valence-corrected chi connectivity index (χ2v) is 7.85. The summed E-state index contributed by atoms with van der Waals surface area (Å²) in [4.78, 5) is 12.5. The topological polar surface area (TPSA) is 76.1 Å². The zero-order valence-electron chi connectivity index (χ0n) is 15.9. The van der Waals surface area contributed by atoms with Crippen LogP contribution in [0.25, 0.3) is 0 Å². The second kappa shape index (κ2) is 8.60. The fourth-order valence-electron chi connectivity index (χ4n) is 3.14. The number of carbonyl (C=O) groups is 1. The Morgan fingerprint density at radius 2 is 2.00 bits per heavy atom. The van der Waals surface area contributed by atoms with Crippen LogP contribution in [0.15, 0.2) is 36.4 Å². The van der Waals surface area contributed by atoms with E-state index in [0.29, 0.717) is 23.8 Å². The number of carbonyl (C=O) groups excluding carboxylic acids is 1. The molecule has 0 fully saturated rings. The number of ether oxygens (including phenoxy) is 1. The highest BCUT2D eigenvalue weighted by atomic mass is 32.1. The minimum atomic E-state index is -4.69. The van der Waals surface area contributed by atoms with Crippen molar-refractivity contribution in [3.63, 3.8) is 0 Å². The van der Waals surface area contributed by atoms with E-state index in [-0.39, 0.29) is 22.7 Å². The van der Waals surface area contributed by atoms with Crippen LogP contribution in [0.5, 0.6) is 5.75 Å². The number of alkyl halides is 3. The number of hydrogen-bond donors (Lipinski definition) is 2. The van der Waals surface area contributed by atoms with Gasteiger partial charge in [-0.2, -0.15) is 13.2 Å². The number of halogens is 4. The quantitative estimate of drug-likeness (QED) is 0.569. The molecule has 3 aromatic rings. The van der Waals surface area contributed by atoms with Gasteiger partial charge in [-0.05, 0) is 48.4 Å². The molecule has 2 aromatic carbocycles. The highest BCUT2D eigenvalue weighted by Crippen LogP contribution is 2.37. The number of nitrogens with one attached hydrogen (secondary N) is 2. The van der Waals surface area contributed by atoms with Gasteiger partial charge in [0.15, 0.2) is 5.01 Å². The molecule has 1 aliphatic heterocycles. The Hall–Kier alpha value is -3.05. The molecule has 0 atom stereocenters. The van der Waals surface area contributed by atoms with E-state index >= 15 is 0 Å². The van der Waals surface area contributed by atoms with E-state index in [4.69, 9.17) is 4.74 Å². The van der Waals surface area contributed by atoms with Crippen LogP contribution in [0, 0.1) is 5.82 Å². The van der Waals surface area contributed by atoms with Crippen LogP contribution in [-0.4, -0.2) is 22.6 Å². The molecule has 11 heteroatoms. The number of aromatic nitrogens is 2. The van der Waals surface area contributed by atoms with E-state index in [0.717, 1.165) is 42.0 Å². The average Bonchev–Trinajstić information content (AvgIpc) is 3.18. The third-order valence-corrected chi connectivity index (χ3v) is 5.45. The van der Waals surface area contributed by atoms with E-state index in [9.17, 15) is 22.4 Å². The van der Waals surface area contributed by atoms with Crippen LogP contribution in [0.3, 0.4) is 0 Å². The number of amides is 1. The lowest BCUT2D eigenvalue weighted by Crippen LogP contribution is -2.24. The van der Waals surface area contributed by atoms with E-state index in [1.807, 2.05) is 12.1 Å². The van der Waals surface area contributed by atoms with Gasteiger partial charge in [-0.15, -0.1) is 10.2 Å². The first-order valence-electron chi connectivity index (χ1n) is 9.25. The number of benzene rings is 2. The lowest BCUT2D eigenvalue weighted by molar-refractivity contribution is -0.139. The molecule has 162 valence electrons. The molecule has 0 bridgehead atoms. The highest BCUT2D eigenvalue weighted by Gasteiger charge is 2.34. The SMILES string of the molecule is O=C(Nc1nnc(COc2cc(F)ccc2C(F)(F)F)s1)c1ccc2c(c1)CCNC2. The molecule has 4 rings (SSSR count). The molecule has 0 saturated heterocycles. The van der Waals surface area contributed by atoms with Crippen LogP contribution in [0.4, 0.5) is 22.7 Å². The van der Waals surface area contributed by atoms with E-state index in [1.165, 1.54) is 0 Å². The fraction of sp³-hybridized carbons (Fsp3) is 0.250. The molecule has 6 nitrogen and oxygen atoms in total. The third kappa shape index (κ3) is 5.00. The monoisotopic (exact) mass is 452 g/mol. The van der Waals surface area contributed by atoms with E-state index in [1.54, 1.807) is 6.07 Å². The van der Waals surface area contributed by atoms with Crippen molar-refractivity contribution < 1.29 is 27.1 Å². The van der Waals surface area contributed by atoms with Gasteiger partial charge in [0.05, 0.1) is 5.56 Å². The minimum absolute atomic E-state index is 0.179. The third-order valence-electron chi connectivity index (χ3n) is 4.64. The Balaban J connectivity index is 1.41. The Labute approximate surface area is 178 Å². The first-order chi connectivity index (χ1) is 14.8. The summed E-state index contributed by atoms with van der Waals surface area (Å²) in [7, 11) is 0. The van der Waals surface area contributed by atoms with E-state index in [2.05, 4.69) is 20.8 Å². The molecule has 1 aliphatic rings. The van der Waals surface area contributed by atoms with Gasteiger partial charge in [-0.3, -0.25) is 10.1 Å². The summed E-state index contributed by atoms with van der Waals surface area (Å²) in [5, 5.41) is 13.9. The normalized spacial score (nSPS) is 13.5. The maximum absolute atomic E-state index is 13.4. The zero-order chi connectivity index (χ0) is 22.0. The van der Waals surface area contributed by atoms with Gasteiger partial charge in [-0.1, -0.05) is 17.4 Å². The lowest BCUT2D eigenvalue weighted by Gasteiger charge is -2.17. The van der Waals surface area contributed by atoms with E-state index < -0.39 is 23.3 Å². The van der Waals surface area contributed by atoms with Crippen LogP contribution in [0.1, 0.15) is 32.1 Å². The fourth-order valence-corrected chi connectivity index (χ4v) is 3.79. The Morgan fingerprint density at radius 1 is 1.16 bits per heavy atom. The average molecular weight is 452 g/mol. The molecular formula is C20H16F4N4O2S. The minimum Gasteiger partial charge on any atom is -0.486 e. The standard InChI is InChI=1S/C20H16F4N4O2S/c21-14-3-4-15(20(22,23)24)16(8-14)30-10-17-27-28-19(31-17)26-18(29)12-1-2-13-9-25-6-5-11(13)7-12/h1-4,7-8,25H,5-6,9-10H2,(H,26,28,29). The Morgan fingerprint density at radius 3 is 2.81 bits per heavy atom. The van der Waals surface area contributed by atoms with Gasteiger partial charge >= 0.3 is 6.18 Å². The first kappa shape index (κ1) is 21.2. The summed E-state index contributed by atoms with van der Waals surface area (Å²) in [6.45, 7) is 1.25. The molecule has 0 spiro atoms. The molecule has 1 amide bonds. The number of hydrogen-bond acceptors (Lipinski definition) is 6. The molecule has 0 unspecified atom stereocenters. The van der Waals surface area contributed by atoms with Crippen molar-refractivity contribution in [1.29, 1.82) is 0 Å². The summed E-state index contributed by atoms with van der Waals surface area (Å²) in [6, 6.07) is 7.44. The molecule has 0 radical (unpaired) electrons. The molecule has 31 heavy (non-hydrogen) atoms. The maximum Gasteiger partial charge on any atom is 0.419 e. The molecule has 0 aliphatic carbocycles. The van der Waals surface area contributed by atoms with Crippen LogP contribution in [-0.2, 0) is 25.7 Å². The van der Waals surface area contributed by atoms with Gasteiger partial charge in [0, 0.05) is 18.2 Å². The van der Waals surface area contributed by atoms with Gasteiger partial charge in [0.2, 0.25) is 5.13 Å². The van der Waals surface area contributed by atoms with Crippen molar-refractivity contribution in [2.24, 2.45) is 0 Å². The Bertz CT molecular complexity index is 1120. The van der Waals surface area contributed by atoms with Crippen molar-refractivity contribution in [2.75, 3.05) is 11.9 Å². The smallest absolute Gasteiger partial charge is 0.419 e. The van der Waals surface area contributed by atoms with Crippen molar-refractivity contribution in [2.45, 2.75) is 25.7 Å². The van der Waals surface area contributed by atoms with Gasteiger partial charge in [-0.25, -0.2) is 4.39 Å². The second-order valence-electron chi connectivity index (χ2n) is 6.79. The first-order valence-corrected chi connectivity index (χ1v) is 10.1. The number of nitrogens with zero attached hydrogens (tertiary/aromatic N) is 2. The predicted octanol–water partition coefficient (Wildman–Crippen LogP) is 4.17. The van der Waals surface area contributed by atoms with Crippen LogP contribution < -0.4 is 15.4 Å². The largest absolute Gasteiger partial charge is 0.486 e. The molecule has 2 heterocycles. The zero-order valence-corrected chi connectivity index (χ0v) is 16.7. The van der Waals surface area contributed by atoms with Gasteiger partial charge in [0.25, 0.3) is 5.91 Å². The van der Waals surface area contributed by atoms with Gasteiger partial charge < -0.3 is 10.1 Å². The summed E-state index contributed by atoms with van der Waals surface area (Å²) in [5.74, 6) is -1.86. The van der Waals surface area contributed by atoms with Crippen molar-refractivity contribution in [3.8, 4) is 5.75 Å². The predicted molar refractivity (Wildman–Crippen MR) is 105 cm³/mol. The van der Waals surface area contributed by atoms with Crippen molar-refractivity contribution in [3.05, 3.63) is 69.5 Å². The molecule has 0 saturated carbocycles. The van der Waals surface area contributed by atoms with Crippen molar-refractivity contribution >= 4 is 22.4 Å². The van der Waals surface area contributed by atoms with Crippen LogP contribution >= 0.6 is 11.3 Å². The number of anilines is 1.